The van der Waals surface area contributed by atoms with E-state index in [1.165, 1.54) is 0 Å². The van der Waals surface area contributed by atoms with Crippen molar-refractivity contribution in [2.24, 2.45) is 0 Å². The number of aliphatic hydroxyl groups excluding tert-OH is 1. The zero-order valence-corrected chi connectivity index (χ0v) is 10.5. The minimum atomic E-state index is -0.437. The van der Waals surface area contributed by atoms with Gasteiger partial charge < -0.3 is 14.7 Å². The van der Waals surface area contributed by atoms with Crippen LogP contribution >= 0.6 is 0 Å². The quantitative estimate of drug-likeness (QED) is 0.868. The van der Waals surface area contributed by atoms with Crippen molar-refractivity contribution in [1.82, 2.24) is 4.98 Å². The molecule has 0 aromatic carbocycles. The van der Waals surface area contributed by atoms with Crippen molar-refractivity contribution in [1.29, 1.82) is 0 Å². The number of aromatic nitrogens is 1. The van der Waals surface area contributed by atoms with Crippen LogP contribution in [0.5, 0.6) is 0 Å². The van der Waals surface area contributed by atoms with Gasteiger partial charge in [0.15, 0.2) is 0 Å². The van der Waals surface area contributed by atoms with Crippen molar-refractivity contribution in [3.05, 3.63) is 23.9 Å². The molecule has 1 aliphatic heterocycles. The Morgan fingerprint density at radius 3 is 2.76 bits per heavy atom. The number of nitrogens with zero attached hydrogens (tertiary/aromatic N) is 2. The van der Waals surface area contributed by atoms with Crippen molar-refractivity contribution in [3.8, 4) is 0 Å². The number of hydrogen-bond acceptors (Lipinski definition) is 4. The molecular formula is C13H20N2O2. The monoisotopic (exact) mass is 236 g/mol. The summed E-state index contributed by atoms with van der Waals surface area (Å²) >= 11 is 0. The lowest BCUT2D eigenvalue weighted by Gasteiger charge is -2.32. The maximum atomic E-state index is 9.56. The fraction of sp³-hybridized carbons (Fsp3) is 0.615. The first kappa shape index (κ1) is 12.3. The van der Waals surface area contributed by atoms with Gasteiger partial charge in [0.1, 0.15) is 5.82 Å². The van der Waals surface area contributed by atoms with E-state index in [4.69, 9.17) is 4.74 Å². The topological polar surface area (TPSA) is 45.6 Å². The molecule has 4 nitrogen and oxygen atoms in total. The highest BCUT2D eigenvalue weighted by Gasteiger charge is 2.19. The van der Waals surface area contributed by atoms with Crippen LogP contribution in [0.25, 0.3) is 0 Å². The summed E-state index contributed by atoms with van der Waals surface area (Å²) in [4.78, 5) is 6.62. The second-order valence-corrected chi connectivity index (χ2v) is 4.55. The largest absolute Gasteiger partial charge is 0.389 e. The molecule has 1 atom stereocenters. The summed E-state index contributed by atoms with van der Waals surface area (Å²) < 4.78 is 5.35. The first-order valence-electron chi connectivity index (χ1n) is 6.12. The van der Waals surface area contributed by atoms with E-state index in [0.717, 1.165) is 37.3 Å². The van der Waals surface area contributed by atoms with Gasteiger partial charge in [0, 0.05) is 26.4 Å². The second kappa shape index (κ2) is 5.47. The molecule has 0 saturated carbocycles. The number of aliphatic hydroxyl groups is 1. The summed E-state index contributed by atoms with van der Waals surface area (Å²) in [6.07, 6.45) is 3.79. The van der Waals surface area contributed by atoms with Crippen LogP contribution in [0.4, 0.5) is 5.82 Å². The average molecular weight is 236 g/mol. The van der Waals surface area contributed by atoms with Crippen LogP contribution in [-0.2, 0) is 4.74 Å². The smallest absolute Gasteiger partial charge is 0.128 e. The zero-order chi connectivity index (χ0) is 12.3. The molecule has 4 heteroatoms. The van der Waals surface area contributed by atoms with Gasteiger partial charge in [-0.3, -0.25) is 0 Å². The van der Waals surface area contributed by atoms with Crippen LogP contribution in [-0.4, -0.2) is 36.4 Å². The molecule has 0 radical (unpaired) electrons. The Morgan fingerprint density at radius 1 is 1.47 bits per heavy atom. The van der Waals surface area contributed by atoms with E-state index >= 15 is 0 Å². The minimum absolute atomic E-state index is 0.381. The Hall–Kier alpha value is -1.13. The maximum Gasteiger partial charge on any atom is 0.128 e. The Bertz CT molecular complexity index is 360. The van der Waals surface area contributed by atoms with Gasteiger partial charge in [-0.1, -0.05) is 0 Å². The van der Waals surface area contributed by atoms with Gasteiger partial charge in [-0.2, -0.15) is 0 Å². The van der Waals surface area contributed by atoms with Crippen molar-refractivity contribution >= 4 is 5.82 Å². The van der Waals surface area contributed by atoms with Crippen LogP contribution in [0.3, 0.4) is 0 Å². The lowest BCUT2D eigenvalue weighted by Crippen LogP contribution is -2.37. The first-order chi connectivity index (χ1) is 8.20. The first-order valence-corrected chi connectivity index (χ1v) is 6.12. The maximum absolute atomic E-state index is 9.56. The molecule has 1 unspecified atom stereocenters. The normalized spacial score (nSPS) is 19.4. The lowest BCUT2D eigenvalue weighted by atomic mass is 10.1. The standard InChI is InChI=1S/C13H20N2O2/c1-10(16)11-3-6-14-13(9-11)15-7-4-12(17-2)5-8-15/h3,6,9-10,12,16H,4-5,7-8H2,1-2H3. The Morgan fingerprint density at radius 2 is 2.18 bits per heavy atom. The van der Waals surface area contributed by atoms with Crippen LogP contribution in [0, 0.1) is 0 Å². The molecule has 17 heavy (non-hydrogen) atoms. The van der Waals surface area contributed by atoms with E-state index in [2.05, 4.69) is 9.88 Å². The van der Waals surface area contributed by atoms with Gasteiger partial charge in [-0.15, -0.1) is 0 Å². The molecule has 1 saturated heterocycles. The Kier molecular flexibility index (Phi) is 3.97. The van der Waals surface area contributed by atoms with Crippen molar-refractivity contribution < 1.29 is 9.84 Å². The molecule has 1 fully saturated rings. The molecule has 1 N–H and O–H groups in total. The molecular weight excluding hydrogens is 216 g/mol. The molecule has 0 spiro atoms. The molecule has 0 bridgehead atoms. The second-order valence-electron chi connectivity index (χ2n) is 4.55. The van der Waals surface area contributed by atoms with Gasteiger partial charge in [-0.25, -0.2) is 4.98 Å². The zero-order valence-electron chi connectivity index (χ0n) is 10.5. The number of anilines is 1. The third kappa shape index (κ3) is 2.96. The van der Waals surface area contributed by atoms with E-state index in [0.29, 0.717) is 6.10 Å². The van der Waals surface area contributed by atoms with Crippen molar-refractivity contribution in [2.45, 2.75) is 32.0 Å². The molecule has 2 rings (SSSR count). The summed E-state index contributed by atoms with van der Waals surface area (Å²) in [6, 6.07) is 3.83. The van der Waals surface area contributed by atoms with E-state index in [-0.39, 0.29) is 0 Å². The summed E-state index contributed by atoms with van der Waals surface area (Å²) in [6.45, 7) is 3.71. The Labute approximate surface area is 102 Å². The average Bonchev–Trinajstić information content (AvgIpc) is 2.39. The lowest BCUT2D eigenvalue weighted by molar-refractivity contribution is 0.0818. The Balaban J connectivity index is 2.05. The van der Waals surface area contributed by atoms with Gasteiger partial charge in [0.2, 0.25) is 0 Å². The van der Waals surface area contributed by atoms with E-state index < -0.39 is 6.10 Å². The van der Waals surface area contributed by atoms with Gasteiger partial charge in [0.25, 0.3) is 0 Å². The van der Waals surface area contributed by atoms with Gasteiger partial charge in [0.05, 0.1) is 12.2 Å². The third-order valence-electron chi connectivity index (χ3n) is 3.35. The predicted molar refractivity (Wildman–Crippen MR) is 67.1 cm³/mol. The number of piperidine rings is 1. The van der Waals surface area contributed by atoms with E-state index in [9.17, 15) is 5.11 Å². The van der Waals surface area contributed by atoms with Crippen LogP contribution in [0.1, 0.15) is 31.4 Å². The fourth-order valence-corrected chi connectivity index (χ4v) is 2.19. The molecule has 1 aliphatic rings. The molecule has 2 heterocycles. The molecule has 1 aromatic heterocycles. The molecule has 0 amide bonds. The number of hydrogen-bond donors (Lipinski definition) is 1. The van der Waals surface area contributed by atoms with Crippen molar-refractivity contribution in [3.63, 3.8) is 0 Å². The van der Waals surface area contributed by atoms with Crippen molar-refractivity contribution in [2.75, 3.05) is 25.1 Å². The van der Waals surface area contributed by atoms with Gasteiger partial charge >= 0.3 is 0 Å². The summed E-state index contributed by atoms with van der Waals surface area (Å²) in [5.41, 5.74) is 0.920. The number of pyridine rings is 1. The fourth-order valence-electron chi connectivity index (χ4n) is 2.19. The molecule has 94 valence electrons. The molecule has 1 aromatic rings. The van der Waals surface area contributed by atoms with E-state index in [1.807, 2.05) is 12.1 Å². The highest BCUT2D eigenvalue weighted by molar-refractivity contribution is 5.41. The minimum Gasteiger partial charge on any atom is -0.389 e. The summed E-state index contributed by atoms with van der Waals surface area (Å²) in [7, 11) is 1.77. The summed E-state index contributed by atoms with van der Waals surface area (Å²) in [5, 5.41) is 9.56. The van der Waals surface area contributed by atoms with Crippen LogP contribution in [0.15, 0.2) is 18.3 Å². The van der Waals surface area contributed by atoms with Gasteiger partial charge in [-0.05, 0) is 37.5 Å². The molecule has 0 aliphatic carbocycles. The van der Waals surface area contributed by atoms with Crippen LogP contribution in [0.2, 0.25) is 0 Å². The SMILES string of the molecule is COC1CCN(c2cc(C(C)O)ccn2)CC1. The summed E-state index contributed by atoms with van der Waals surface area (Å²) in [5.74, 6) is 0.956. The highest BCUT2D eigenvalue weighted by atomic mass is 16.5. The van der Waals surface area contributed by atoms with E-state index in [1.54, 1.807) is 20.2 Å². The number of methoxy groups -OCH3 is 1. The number of rotatable bonds is 3. The highest BCUT2D eigenvalue weighted by Crippen LogP contribution is 2.22. The third-order valence-corrected chi connectivity index (χ3v) is 3.35. The number of ether oxygens (including phenoxy) is 1. The predicted octanol–water partition coefficient (Wildman–Crippen LogP) is 1.75. The van der Waals surface area contributed by atoms with Crippen LogP contribution < -0.4 is 4.90 Å².